The number of nitrogens with zero attached hydrogens (tertiary/aromatic N) is 2. The molecule has 1 aromatic carbocycles. The molecule has 1 amide bonds. The number of anilines is 1. The normalized spacial score (nSPS) is 10.8. The minimum Gasteiger partial charge on any atom is -0.326 e. The Labute approximate surface area is 149 Å². The molecule has 1 aromatic heterocycles. The summed E-state index contributed by atoms with van der Waals surface area (Å²) in [6.07, 6.45) is 2.22. The SMILES string of the molecule is CCCc1c(C)nn(C(=O)CCC(=O)Nc2ccc(C)c(C)c2)c1C. The Kier molecular flexibility index (Phi) is 6.12. The second-order valence-electron chi connectivity index (χ2n) is 6.55. The molecule has 25 heavy (non-hydrogen) atoms. The van der Waals surface area contributed by atoms with Gasteiger partial charge in [-0.3, -0.25) is 9.59 Å². The number of amides is 1. The smallest absolute Gasteiger partial charge is 0.247 e. The fourth-order valence-corrected chi connectivity index (χ4v) is 2.90. The molecule has 0 saturated carbocycles. The van der Waals surface area contributed by atoms with Gasteiger partial charge in [0.05, 0.1) is 5.69 Å². The molecule has 134 valence electrons. The van der Waals surface area contributed by atoms with Gasteiger partial charge in [0, 0.05) is 24.2 Å². The van der Waals surface area contributed by atoms with Crippen LogP contribution in [0.3, 0.4) is 0 Å². The number of hydrogen-bond donors (Lipinski definition) is 1. The van der Waals surface area contributed by atoms with E-state index in [1.807, 2.05) is 45.9 Å². The van der Waals surface area contributed by atoms with Crippen molar-refractivity contribution in [1.29, 1.82) is 0 Å². The largest absolute Gasteiger partial charge is 0.326 e. The number of carbonyl (C=O) groups excluding carboxylic acids is 2. The fraction of sp³-hybridized carbons (Fsp3) is 0.450. The molecule has 1 N–H and O–H groups in total. The van der Waals surface area contributed by atoms with E-state index in [1.165, 1.54) is 10.2 Å². The first-order chi connectivity index (χ1) is 11.8. The van der Waals surface area contributed by atoms with E-state index >= 15 is 0 Å². The first kappa shape index (κ1) is 18.9. The molecule has 2 rings (SSSR count). The van der Waals surface area contributed by atoms with Gasteiger partial charge >= 0.3 is 0 Å². The van der Waals surface area contributed by atoms with Crippen LogP contribution in [0.1, 0.15) is 59.1 Å². The number of benzene rings is 1. The van der Waals surface area contributed by atoms with E-state index in [4.69, 9.17) is 0 Å². The van der Waals surface area contributed by atoms with E-state index in [9.17, 15) is 9.59 Å². The predicted octanol–water partition coefficient (Wildman–Crippen LogP) is 4.13. The summed E-state index contributed by atoms with van der Waals surface area (Å²) in [5, 5.41) is 7.19. The maximum atomic E-state index is 12.4. The summed E-state index contributed by atoms with van der Waals surface area (Å²) < 4.78 is 1.45. The molecule has 0 atom stereocenters. The van der Waals surface area contributed by atoms with Crippen LogP contribution >= 0.6 is 0 Å². The zero-order valence-corrected chi connectivity index (χ0v) is 15.8. The zero-order chi connectivity index (χ0) is 18.6. The van der Waals surface area contributed by atoms with Crippen molar-refractivity contribution in [2.75, 3.05) is 5.32 Å². The van der Waals surface area contributed by atoms with Crippen molar-refractivity contribution in [3.05, 3.63) is 46.3 Å². The maximum absolute atomic E-state index is 12.4. The molecule has 0 fully saturated rings. The highest BCUT2D eigenvalue weighted by Crippen LogP contribution is 2.17. The van der Waals surface area contributed by atoms with E-state index in [0.29, 0.717) is 0 Å². The third-order valence-electron chi connectivity index (χ3n) is 4.53. The molecule has 5 heteroatoms. The summed E-state index contributed by atoms with van der Waals surface area (Å²) in [5.41, 5.74) is 5.99. The molecule has 0 radical (unpaired) electrons. The van der Waals surface area contributed by atoms with Gasteiger partial charge in [-0.25, -0.2) is 4.68 Å². The van der Waals surface area contributed by atoms with Crippen LogP contribution in [0.2, 0.25) is 0 Å². The Balaban J connectivity index is 1.96. The van der Waals surface area contributed by atoms with Crippen molar-refractivity contribution in [3.8, 4) is 0 Å². The summed E-state index contributed by atoms with van der Waals surface area (Å²) in [4.78, 5) is 24.5. The van der Waals surface area contributed by atoms with Crippen molar-refractivity contribution in [1.82, 2.24) is 9.78 Å². The lowest BCUT2D eigenvalue weighted by molar-refractivity contribution is -0.116. The lowest BCUT2D eigenvalue weighted by Crippen LogP contribution is -2.18. The van der Waals surface area contributed by atoms with E-state index < -0.39 is 0 Å². The molecule has 0 aliphatic carbocycles. The molecule has 0 aliphatic rings. The average Bonchev–Trinajstić information content (AvgIpc) is 2.85. The first-order valence-electron chi connectivity index (χ1n) is 8.78. The van der Waals surface area contributed by atoms with Crippen molar-refractivity contribution in [2.45, 2.75) is 60.3 Å². The fourth-order valence-electron chi connectivity index (χ4n) is 2.90. The molecule has 0 aliphatic heterocycles. The molecule has 0 unspecified atom stereocenters. The van der Waals surface area contributed by atoms with E-state index in [-0.39, 0.29) is 24.7 Å². The molecule has 5 nitrogen and oxygen atoms in total. The minimum atomic E-state index is -0.160. The lowest BCUT2D eigenvalue weighted by Gasteiger charge is -2.08. The van der Waals surface area contributed by atoms with E-state index in [0.717, 1.165) is 41.0 Å². The highest BCUT2D eigenvalue weighted by atomic mass is 16.2. The Morgan fingerprint density at radius 2 is 1.80 bits per heavy atom. The maximum Gasteiger partial charge on any atom is 0.247 e. The summed E-state index contributed by atoms with van der Waals surface area (Å²) in [5.74, 6) is -0.301. The van der Waals surface area contributed by atoms with Gasteiger partial charge in [-0.1, -0.05) is 19.4 Å². The highest BCUT2D eigenvalue weighted by molar-refractivity contribution is 5.93. The van der Waals surface area contributed by atoms with Crippen LogP contribution in [0.25, 0.3) is 0 Å². The number of rotatable bonds is 6. The van der Waals surface area contributed by atoms with Crippen LogP contribution in [-0.4, -0.2) is 21.6 Å². The Bertz CT molecular complexity index is 790. The van der Waals surface area contributed by atoms with Crippen molar-refractivity contribution in [3.63, 3.8) is 0 Å². The first-order valence-corrected chi connectivity index (χ1v) is 8.78. The average molecular weight is 341 g/mol. The topological polar surface area (TPSA) is 64.0 Å². The van der Waals surface area contributed by atoms with Crippen LogP contribution in [0.15, 0.2) is 18.2 Å². The molecule has 2 aromatic rings. The number of nitrogens with one attached hydrogen (secondary N) is 1. The molecule has 1 heterocycles. The van der Waals surface area contributed by atoms with Crippen molar-refractivity contribution >= 4 is 17.5 Å². The van der Waals surface area contributed by atoms with Gasteiger partial charge in [-0.05, 0) is 62.9 Å². The van der Waals surface area contributed by atoms with E-state index in [1.54, 1.807) is 0 Å². The lowest BCUT2D eigenvalue weighted by atomic mass is 10.1. The molecular weight excluding hydrogens is 314 g/mol. The third kappa shape index (κ3) is 4.56. The van der Waals surface area contributed by atoms with Gasteiger partial charge in [0.25, 0.3) is 0 Å². The predicted molar refractivity (Wildman–Crippen MR) is 100 cm³/mol. The van der Waals surface area contributed by atoms with Gasteiger partial charge in [-0.15, -0.1) is 0 Å². The number of hydrogen-bond acceptors (Lipinski definition) is 3. The molecule has 0 bridgehead atoms. The van der Waals surface area contributed by atoms with Crippen LogP contribution < -0.4 is 5.32 Å². The van der Waals surface area contributed by atoms with Crippen molar-refractivity contribution < 1.29 is 9.59 Å². The number of aryl methyl sites for hydroxylation is 3. The zero-order valence-electron chi connectivity index (χ0n) is 15.8. The highest BCUT2D eigenvalue weighted by Gasteiger charge is 2.17. The standard InChI is InChI=1S/C20H27N3O2/c1-6-7-18-15(4)22-23(16(18)5)20(25)11-10-19(24)21-17-9-8-13(2)14(3)12-17/h8-9,12H,6-7,10-11H2,1-5H3,(H,21,24). The molecule has 0 saturated heterocycles. The van der Waals surface area contributed by atoms with Gasteiger partial charge < -0.3 is 5.32 Å². The monoisotopic (exact) mass is 341 g/mol. The number of aromatic nitrogens is 2. The Morgan fingerprint density at radius 1 is 1.08 bits per heavy atom. The van der Waals surface area contributed by atoms with Crippen LogP contribution in [0, 0.1) is 27.7 Å². The van der Waals surface area contributed by atoms with Crippen LogP contribution in [0.5, 0.6) is 0 Å². The Hall–Kier alpha value is -2.43. The van der Waals surface area contributed by atoms with Gasteiger partial charge in [-0.2, -0.15) is 5.10 Å². The Morgan fingerprint density at radius 3 is 2.44 bits per heavy atom. The summed E-state index contributed by atoms with van der Waals surface area (Å²) in [6.45, 7) is 9.98. The van der Waals surface area contributed by atoms with Crippen LogP contribution in [0.4, 0.5) is 5.69 Å². The van der Waals surface area contributed by atoms with Crippen LogP contribution in [-0.2, 0) is 11.2 Å². The summed E-state index contributed by atoms with van der Waals surface area (Å²) in [6, 6.07) is 5.79. The molecular formula is C20H27N3O2. The van der Waals surface area contributed by atoms with Gasteiger partial charge in [0.1, 0.15) is 0 Å². The third-order valence-corrected chi connectivity index (χ3v) is 4.53. The van der Waals surface area contributed by atoms with Gasteiger partial charge in [0.2, 0.25) is 11.8 Å². The summed E-state index contributed by atoms with van der Waals surface area (Å²) in [7, 11) is 0. The second kappa shape index (κ2) is 8.10. The van der Waals surface area contributed by atoms with E-state index in [2.05, 4.69) is 17.3 Å². The molecule has 0 spiro atoms. The second-order valence-corrected chi connectivity index (χ2v) is 6.55. The minimum absolute atomic E-state index is 0.141. The van der Waals surface area contributed by atoms with Crippen molar-refractivity contribution in [2.24, 2.45) is 0 Å². The number of carbonyl (C=O) groups is 2. The van der Waals surface area contributed by atoms with Gasteiger partial charge in [0.15, 0.2) is 0 Å². The summed E-state index contributed by atoms with van der Waals surface area (Å²) >= 11 is 0. The quantitative estimate of drug-likeness (QED) is 0.859.